The highest BCUT2D eigenvalue weighted by atomic mass is 35.5. The first-order valence-electron chi connectivity index (χ1n) is 12.5. The standard InChI is InChI=1S/C25H30Cl3N7O2/c1-25(22(29)37)7-5-15(6-8-25)35-21-19(12-30-23(34-21)31-14-3-2-4-16(36)11-14)32-24(35)33-20-17(27)9-13(26)10-18(20)28/h9-10,12,14-16,36H,2-8,11H2,1H3,(H2,29,37)(H,32,33)(H,30,31,34)/t14-,15?,16+,25?/m1/s1. The van der Waals surface area contributed by atoms with Gasteiger partial charge in [0.25, 0.3) is 0 Å². The summed E-state index contributed by atoms with van der Waals surface area (Å²) in [6, 6.07) is 3.35. The van der Waals surface area contributed by atoms with E-state index in [0.717, 1.165) is 32.1 Å². The molecule has 5 N–H and O–H groups in total. The number of imidazole rings is 1. The molecule has 2 aliphatic carbocycles. The Hall–Kier alpha value is -2.33. The van der Waals surface area contributed by atoms with Gasteiger partial charge in [-0.05, 0) is 63.5 Å². The molecule has 1 aromatic carbocycles. The number of carbonyl (C=O) groups is 1. The van der Waals surface area contributed by atoms with E-state index >= 15 is 0 Å². The Balaban J connectivity index is 1.52. The van der Waals surface area contributed by atoms with Gasteiger partial charge in [0.1, 0.15) is 5.52 Å². The third-order valence-corrected chi connectivity index (χ3v) is 8.49. The SMILES string of the molecule is CC1(C(N)=O)CCC(n2c(Nc3c(Cl)cc(Cl)cc3Cl)nc3cnc(N[C@@H]4CCC[C@H](O)C4)nc32)CC1. The number of hydrogen-bond donors (Lipinski definition) is 4. The van der Waals surface area contributed by atoms with Crippen molar-refractivity contribution in [1.82, 2.24) is 19.5 Å². The van der Waals surface area contributed by atoms with Crippen molar-refractivity contribution in [3.05, 3.63) is 33.4 Å². The molecule has 0 aliphatic heterocycles. The van der Waals surface area contributed by atoms with Crippen LogP contribution in [-0.2, 0) is 4.79 Å². The average molecular weight is 567 g/mol. The predicted molar refractivity (Wildman–Crippen MR) is 147 cm³/mol. The zero-order chi connectivity index (χ0) is 26.3. The number of nitrogens with one attached hydrogen (secondary N) is 2. The van der Waals surface area contributed by atoms with Crippen LogP contribution in [0.25, 0.3) is 11.2 Å². The van der Waals surface area contributed by atoms with Crippen LogP contribution in [0.15, 0.2) is 18.3 Å². The number of amides is 1. The van der Waals surface area contributed by atoms with E-state index in [9.17, 15) is 9.90 Å². The van der Waals surface area contributed by atoms with Crippen molar-refractivity contribution < 1.29 is 9.90 Å². The van der Waals surface area contributed by atoms with E-state index in [1.807, 2.05) is 11.5 Å². The van der Waals surface area contributed by atoms with Crippen molar-refractivity contribution in [3.8, 4) is 0 Å². The van der Waals surface area contributed by atoms with Gasteiger partial charge < -0.3 is 21.5 Å². The van der Waals surface area contributed by atoms with Crippen LogP contribution in [-0.4, -0.2) is 42.7 Å². The number of hydrogen-bond acceptors (Lipinski definition) is 7. The maximum Gasteiger partial charge on any atom is 0.224 e. The lowest BCUT2D eigenvalue weighted by Crippen LogP contribution is -2.38. The van der Waals surface area contributed by atoms with Gasteiger partial charge in [-0.25, -0.2) is 9.97 Å². The number of carbonyl (C=O) groups excluding carboxylic acids is 1. The average Bonchev–Trinajstić information content (AvgIpc) is 3.19. The molecular formula is C25H30Cl3N7O2. The lowest BCUT2D eigenvalue weighted by Gasteiger charge is -2.35. The highest BCUT2D eigenvalue weighted by Crippen LogP contribution is 2.44. The topological polar surface area (TPSA) is 131 Å². The number of nitrogens with two attached hydrogens (primary N) is 1. The quantitative estimate of drug-likeness (QED) is 0.294. The summed E-state index contributed by atoms with van der Waals surface area (Å²) in [4.78, 5) is 26.2. The van der Waals surface area contributed by atoms with Crippen LogP contribution in [0.5, 0.6) is 0 Å². The van der Waals surface area contributed by atoms with Crippen LogP contribution in [0.3, 0.4) is 0 Å². The molecule has 12 heteroatoms. The zero-order valence-corrected chi connectivity index (χ0v) is 22.7. The summed E-state index contributed by atoms with van der Waals surface area (Å²) in [6.45, 7) is 1.92. The number of primary amides is 1. The summed E-state index contributed by atoms with van der Waals surface area (Å²) in [5.41, 5.74) is 6.92. The lowest BCUT2D eigenvalue weighted by atomic mass is 9.73. The molecule has 198 valence electrons. The Morgan fingerprint density at radius 3 is 2.49 bits per heavy atom. The Labute approximate surface area is 230 Å². The van der Waals surface area contributed by atoms with Gasteiger partial charge in [-0.3, -0.25) is 9.36 Å². The number of aromatic nitrogens is 4. The molecule has 2 heterocycles. The highest BCUT2D eigenvalue weighted by molar-refractivity contribution is 6.41. The molecule has 0 radical (unpaired) electrons. The number of fused-ring (bicyclic) bond motifs is 1. The maximum absolute atomic E-state index is 12.1. The summed E-state index contributed by atoms with van der Waals surface area (Å²) in [5.74, 6) is 0.732. The van der Waals surface area contributed by atoms with Crippen molar-refractivity contribution in [1.29, 1.82) is 0 Å². The summed E-state index contributed by atoms with van der Waals surface area (Å²) in [5, 5.41) is 17.9. The van der Waals surface area contributed by atoms with Gasteiger partial charge in [0, 0.05) is 22.5 Å². The number of rotatable bonds is 6. The third-order valence-electron chi connectivity index (χ3n) is 7.67. The summed E-state index contributed by atoms with van der Waals surface area (Å²) in [7, 11) is 0. The maximum atomic E-state index is 12.1. The van der Waals surface area contributed by atoms with E-state index in [1.165, 1.54) is 0 Å². The first-order valence-corrected chi connectivity index (χ1v) is 13.7. The number of benzene rings is 1. The molecular weight excluding hydrogens is 537 g/mol. The van der Waals surface area contributed by atoms with Crippen LogP contribution in [0.4, 0.5) is 17.6 Å². The second-order valence-corrected chi connectivity index (χ2v) is 11.6. The van der Waals surface area contributed by atoms with Crippen molar-refractivity contribution in [3.63, 3.8) is 0 Å². The summed E-state index contributed by atoms with van der Waals surface area (Å²) in [6.07, 6.45) is 7.53. The second kappa shape index (κ2) is 10.4. The minimum absolute atomic E-state index is 0.0176. The van der Waals surface area contributed by atoms with Gasteiger partial charge >= 0.3 is 0 Å². The van der Waals surface area contributed by atoms with Gasteiger partial charge in [-0.1, -0.05) is 41.7 Å². The molecule has 2 saturated carbocycles. The molecule has 5 rings (SSSR count). The molecule has 9 nitrogen and oxygen atoms in total. The van der Waals surface area contributed by atoms with E-state index in [1.54, 1.807) is 18.3 Å². The molecule has 2 aliphatic rings. The van der Waals surface area contributed by atoms with Crippen LogP contribution in [0.2, 0.25) is 15.1 Å². The summed E-state index contributed by atoms with van der Waals surface area (Å²) >= 11 is 19.0. The van der Waals surface area contributed by atoms with Gasteiger partial charge in [-0.15, -0.1) is 0 Å². The largest absolute Gasteiger partial charge is 0.393 e. The minimum atomic E-state index is -0.535. The number of anilines is 3. The van der Waals surface area contributed by atoms with Crippen LogP contribution < -0.4 is 16.4 Å². The van der Waals surface area contributed by atoms with Gasteiger partial charge in [0.15, 0.2) is 5.65 Å². The van der Waals surface area contributed by atoms with Gasteiger partial charge in [-0.2, -0.15) is 4.98 Å². The van der Waals surface area contributed by atoms with Gasteiger partial charge in [0.2, 0.25) is 17.8 Å². The molecule has 0 unspecified atom stereocenters. The van der Waals surface area contributed by atoms with E-state index < -0.39 is 5.41 Å². The van der Waals surface area contributed by atoms with Crippen molar-refractivity contribution in [2.24, 2.45) is 11.1 Å². The van der Waals surface area contributed by atoms with Crippen LogP contribution in [0, 0.1) is 5.41 Å². The Bertz CT molecular complexity index is 1300. The molecule has 2 fully saturated rings. The summed E-state index contributed by atoms with van der Waals surface area (Å²) < 4.78 is 2.04. The lowest BCUT2D eigenvalue weighted by molar-refractivity contribution is -0.128. The number of aliphatic hydroxyl groups is 1. The normalized spacial score (nSPS) is 26.2. The first-order chi connectivity index (χ1) is 17.6. The third kappa shape index (κ3) is 5.46. The smallest absolute Gasteiger partial charge is 0.224 e. The fraction of sp³-hybridized carbons (Fsp3) is 0.520. The second-order valence-electron chi connectivity index (χ2n) is 10.4. The van der Waals surface area contributed by atoms with E-state index in [2.05, 4.69) is 15.6 Å². The highest BCUT2D eigenvalue weighted by Gasteiger charge is 2.38. The predicted octanol–water partition coefficient (Wildman–Crippen LogP) is 5.85. The molecule has 0 spiro atoms. The van der Waals surface area contributed by atoms with Crippen LogP contribution in [0.1, 0.15) is 64.3 Å². The van der Waals surface area contributed by atoms with Gasteiger partial charge in [0.05, 0.1) is 28.0 Å². The molecule has 2 aromatic heterocycles. The molecule has 3 aromatic rings. The van der Waals surface area contributed by atoms with Crippen molar-refractivity contribution in [2.45, 2.75) is 76.5 Å². The number of nitrogens with zero attached hydrogens (tertiary/aromatic N) is 4. The molecule has 1 amide bonds. The van der Waals surface area contributed by atoms with Crippen molar-refractivity contribution >= 4 is 69.5 Å². The molecule has 37 heavy (non-hydrogen) atoms. The fourth-order valence-electron chi connectivity index (χ4n) is 5.39. The molecule has 0 saturated heterocycles. The Morgan fingerprint density at radius 1 is 1.14 bits per heavy atom. The zero-order valence-electron chi connectivity index (χ0n) is 20.5. The first kappa shape index (κ1) is 26.3. The van der Waals surface area contributed by atoms with E-state index in [4.69, 9.17) is 50.5 Å². The Morgan fingerprint density at radius 2 is 1.84 bits per heavy atom. The van der Waals surface area contributed by atoms with E-state index in [0.29, 0.717) is 63.1 Å². The van der Waals surface area contributed by atoms with E-state index in [-0.39, 0.29) is 24.1 Å². The number of aliphatic hydroxyl groups excluding tert-OH is 1. The molecule has 0 bridgehead atoms. The Kier molecular flexibility index (Phi) is 7.42. The fourth-order valence-corrected chi connectivity index (χ4v) is 6.30. The molecule has 2 atom stereocenters. The van der Waals surface area contributed by atoms with Crippen LogP contribution >= 0.6 is 34.8 Å². The van der Waals surface area contributed by atoms with Crippen molar-refractivity contribution in [2.75, 3.05) is 10.6 Å². The number of halogens is 3. The monoisotopic (exact) mass is 565 g/mol. The minimum Gasteiger partial charge on any atom is -0.393 e.